The Morgan fingerprint density at radius 3 is 1.83 bits per heavy atom. The van der Waals surface area contributed by atoms with Gasteiger partial charge in [0.25, 0.3) is 0 Å². The molecule has 2 atom stereocenters. The molecule has 1 aliphatic rings. The summed E-state index contributed by atoms with van der Waals surface area (Å²) in [6.07, 6.45) is 19.3. The molecule has 0 bridgehead atoms. The van der Waals surface area contributed by atoms with Crippen LogP contribution in [0.3, 0.4) is 0 Å². The van der Waals surface area contributed by atoms with Crippen LogP contribution < -0.4 is 0 Å². The molecule has 0 aromatic rings. The van der Waals surface area contributed by atoms with E-state index in [1.54, 1.807) is 0 Å². The minimum absolute atomic E-state index is 0.669. The van der Waals surface area contributed by atoms with Gasteiger partial charge >= 0.3 is 0 Å². The average Bonchev–Trinajstić information content (AvgIpc) is 2.62. The number of hydrogen-bond donors (Lipinski definition) is 0. The molecule has 1 nitrogen and oxygen atoms in total. The van der Waals surface area contributed by atoms with Crippen LogP contribution in [0.4, 0.5) is 0 Å². The van der Waals surface area contributed by atoms with Gasteiger partial charge in [-0.1, -0.05) is 85.1 Å². The number of rotatable bonds is 13. The molecule has 2 unspecified atom stereocenters. The third-order valence-corrected chi connectivity index (χ3v) is 9.65. The van der Waals surface area contributed by atoms with E-state index in [1.807, 2.05) is 0 Å². The quantitative estimate of drug-likeness (QED) is 0.304. The molecule has 1 rings (SSSR count). The molecule has 0 fully saturated rings. The van der Waals surface area contributed by atoms with Gasteiger partial charge in [-0.25, -0.2) is 0 Å². The van der Waals surface area contributed by atoms with Crippen molar-refractivity contribution in [1.82, 2.24) is 0 Å². The molecule has 0 N–H and O–H groups in total. The van der Waals surface area contributed by atoms with Gasteiger partial charge in [0.2, 0.25) is 0 Å². The highest BCUT2D eigenvalue weighted by molar-refractivity contribution is 7.68. The fourth-order valence-corrected chi connectivity index (χ4v) is 8.36. The molecule has 0 aromatic carbocycles. The van der Waals surface area contributed by atoms with Gasteiger partial charge in [0.15, 0.2) is 0 Å². The summed E-state index contributed by atoms with van der Waals surface area (Å²) in [4.78, 5) is 0. The molecule has 0 spiro atoms. The lowest BCUT2D eigenvalue weighted by atomic mass is 10.0. The minimum atomic E-state index is -2.16. The molecule has 0 aromatic heterocycles. The molecule has 1 aliphatic carbocycles. The third kappa shape index (κ3) is 7.47. The first-order chi connectivity index (χ1) is 11.6. The summed E-state index contributed by atoms with van der Waals surface area (Å²) >= 11 is 0. The highest BCUT2D eigenvalue weighted by Gasteiger charge is 2.32. The van der Waals surface area contributed by atoms with Crippen molar-refractivity contribution in [3.63, 3.8) is 0 Å². The van der Waals surface area contributed by atoms with Crippen molar-refractivity contribution in [2.24, 2.45) is 11.8 Å². The Morgan fingerprint density at radius 1 is 0.917 bits per heavy atom. The predicted molar refractivity (Wildman–Crippen MR) is 111 cm³/mol. The van der Waals surface area contributed by atoms with Crippen LogP contribution in [-0.2, 0) is 4.57 Å². The molecular weight excluding hydrogens is 311 g/mol. The summed E-state index contributed by atoms with van der Waals surface area (Å²) in [6, 6.07) is 0. The first-order valence-corrected chi connectivity index (χ1v) is 12.9. The average molecular weight is 355 g/mol. The molecule has 0 amide bonds. The van der Waals surface area contributed by atoms with Crippen molar-refractivity contribution in [3.05, 3.63) is 11.4 Å². The van der Waals surface area contributed by atoms with Crippen LogP contribution in [0.25, 0.3) is 0 Å². The van der Waals surface area contributed by atoms with Gasteiger partial charge in [-0.2, -0.15) is 0 Å². The Hall–Kier alpha value is -0.0300. The van der Waals surface area contributed by atoms with Gasteiger partial charge < -0.3 is 4.57 Å². The van der Waals surface area contributed by atoms with Crippen LogP contribution in [0, 0.1) is 11.8 Å². The second-order valence-corrected chi connectivity index (χ2v) is 11.1. The molecule has 2 heteroatoms. The summed E-state index contributed by atoms with van der Waals surface area (Å²) in [5.41, 5.74) is 0. The second kappa shape index (κ2) is 12.3. The van der Waals surface area contributed by atoms with E-state index in [0.29, 0.717) is 11.8 Å². The van der Waals surface area contributed by atoms with Gasteiger partial charge in [0, 0.05) is 12.3 Å². The highest BCUT2D eigenvalue weighted by Crippen LogP contribution is 2.60. The largest absolute Gasteiger partial charge is 0.319 e. The molecule has 24 heavy (non-hydrogen) atoms. The zero-order valence-electron chi connectivity index (χ0n) is 17.0. The minimum Gasteiger partial charge on any atom is -0.319 e. The zero-order valence-corrected chi connectivity index (χ0v) is 17.9. The first kappa shape index (κ1) is 22.0. The fraction of sp³-hybridized carbons (Fsp3) is 0.909. The summed E-state index contributed by atoms with van der Waals surface area (Å²) in [5, 5.41) is 1.39. The zero-order chi connectivity index (χ0) is 17.8. The maximum atomic E-state index is 14.2. The van der Waals surface area contributed by atoms with Crippen molar-refractivity contribution < 1.29 is 4.57 Å². The van der Waals surface area contributed by atoms with Crippen LogP contribution in [0.2, 0.25) is 0 Å². The van der Waals surface area contributed by atoms with E-state index in [1.165, 1.54) is 69.5 Å². The molecule has 0 radical (unpaired) electrons. The molecule has 0 saturated carbocycles. The summed E-state index contributed by atoms with van der Waals surface area (Å²) in [6.45, 7) is 9.14. The highest BCUT2D eigenvalue weighted by atomic mass is 31.2. The number of unbranched alkanes of at least 4 members (excludes halogenated alkanes) is 2. The van der Waals surface area contributed by atoms with E-state index in [4.69, 9.17) is 0 Å². The smallest absolute Gasteiger partial charge is 0.112 e. The third-order valence-electron chi connectivity index (χ3n) is 5.98. The van der Waals surface area contributed by atoms with Crippen LogP contribution in [0.15, 0.2) is 11.4 Å². The SMILES string of the molecule is CCCCC(CC)CP(=O)(CC(CC)CCCC)C1=CCCCC1. The van der Waals surface area contributed by atoms with E-state index in [9.17, 15) is 4.57 Å². The Balaban J connectivity index is 2.88. The topological polar surface area (TPSA) is 17.1 Å². The predicted octanol–water partition coefficient (Wildman–Crippen LogP) is 8.24. The van der Waals surface area contributed by atoms with E-state index < -0.39 is 7.14 Å². The van der Waals surface area contributed by atoms with E-state index >= 15 is 0 Å². The summed E-state index contributed by atoms with van der Waals surface area (Å²) in [7, 11) is -2.16. The molecule has 142 valence electrons. The Labute approximate surface area is 152 Å². The second-order valence-electron chi connectivity index (χ2n) is 8.03. The Morgan fingerprint density at radius 2 is 1.46 bits per heavy atom. The van der Waals surface area contributed by atoms with E-state index in [-0.39, 0.29) is 0 Å². The fourth-order valence-electron chi connectivity index (χ4n) is 4.17. The van der Waals surface area contributed by atoms with E-state index in [2.05, 4.69) is 33.8 Å². The van der Waals surface area contributed by atoms with Crippen LogP contribution in [0.5, 0.6) is 0 Å². The van der Waals surface area contributed by atoms with Crippen molar-refractivity contribution in [1.29, 1.82) is 0 Å². The molecule has 0 heterocycles. The van der Waals surface area contributed by atoms with Crippen molar-refractivity contribution in [2.75, 3.05) is 12.3 Å². The lowest BCUT2D eigenvalue weighted by Gasteiger charge is -2.30. The van der Waals surface area contributed by atoms with E-state index in [0.717, 1.165) is 25.2 Å². The van der Waals surface area contributed by atoms with Gasteiger partial charge in [-0.05, 0) is 42.8 Å². The lowest BCUT2D eigenvalue weighted by molar-refractivity contribution is 0.463. The first-order valence-electron chi connectivity index (χ1n) is 10.9. The maximum Gasteiger partial charge on any atom is 0.112 e. The summed E-state index contributed by atoms with van der Waals surface area (Å²) < 4.78 is 14.2. The molecule has 0 saturated heterocycles. The van der Waals surface area contributed by atoms with Gasteiger partial charge in [0.1, 0.15) is 7.14 Å². The van der Waals surface area contributed by atoms with Crippen molar-refractivity contribution >= 4 is 7.14 Å². The lowest BCUT2D eigenvalue weighted by Crippen LogP contribution is -2.15. The van der Waals surface area contributed by atoms with Crippen molar-refractivity contribution in [2.45, 2.75) is 105 Å². The van der Waals surface area contributed by atoms with Gasteiger partial charge in [-0.15, -0.1) is 0 Å². The van der Waals surface area contributed by atoms with Crippen LogP contribution in [-0.4, -0.2) is 12.3 Å². The molecule has 0 aliphatic heterocycles. The Bertz CT molecular complexity index is 377. The van der Waals surface area contributed by atoms with Crippen LogP contribution in [0.1, 0.15) is 105 Å². The number of allylic oxidation sites excluding steroid dienone is 2. The maximum absolute atomic E-state index is 14.2. The van der Waals surface area contributed by atoms with Crippen LogP contribution >= 0.6 is 7.14 Å². The standard InChI is InChI=1S/C22H43OP/c1-5-9-14-20(7-3)18-24(23,22-16-12-11-13-17-22)19-21(8-4)15-10-6-2/h16,20-21H,5-15,17-19H2,1-4H3. The summed E-state index contributed by atoms with van der Waals surface area (Å²) in [5.74, 6) is 1.34. The number of hydrogen-bond acceptors (Lipinski definition) is 1. The Kier molecular flexibility index (Phi) is 11.3. The van der Waals surface area contributed by atoms with Gasteiger partial charge in [0.05, 0.1) is 0 Å². The normalized spacial score (nSPS) is 20.2. The van der Waals surface area contributed by atoms with Crippen molar-refractivity contribution in [3.8, 4) is 0 Å². The monoisotopic (exact) mass is 354 g/mol. The molecular formula is C22H43OP. The van der Waals surface area contributed by atoms with Gasteiger partial charge in [-0.3, -0.25) is 0 Å².